The van der Waals surface area contributed by atoms with Gasteiger partial charge in [-0.25, -0.2) is 13.1 Å². The lowest BCUT2D eigenvalue weighted by Gasteiger charge is -2.23. The molecule has 7 heteroatoms. The maximum atomic E-state index is 12.1. The Kier molecular flexibility index (Phi) is 5.73. The number of benzene rings is 1. The molecule has 0 radical (unpaired) electrons. The molecule has 21 heavy (non-hydrogen) atoms. The zero-order valence-electron chi connectivity index (χ0n) is 11.5. The standard InChI is InChI=1S/C14H18N2O4S/c15-7-1-2-12-3-5-14(6-4-12)21(17,18)16-10-13-11-19-8-9-20-13/h3-6,13,16H,7-11,15H2. The summed E-state index contributed by atoms with van der Waals surface area (Å²) in [7, 11) is -3.56. The summed E-state index contributed by atoms with van der Waals surface area (Å²) in [4.78, 5) is 0.192. The Morgan fingerprint density at radius 1 is 1.29 bits per heavy atom. The first-order valence-corrected chi connectivity index (χ1v) is 8.08. The van der Waals surface area contributed by atoms with E-state index in [4.69, 9.17) is 15.2 Å². The second-order valence-corrected chi connectivity index (χ2v) is 6.22. The van der Waals surface area contributed by atoms with E-state index >= 15 is 0 Å². The fourth-order valence-corrected chi connectivity index (χ4v) is 2.88. The van der Waals surface area contributed by atoms with Crippen molar-refractivity contribution in [3.63, 3.8) is 0 Å². The topological polar surface area (TPSA) is 90.7 Å². The number of ether oxygens (including phenoxy) is 2. The molecule has 0 spiro atoms. The number of nitrogens with two attached hydrogens (primary N) is 1. The minimum Gasteiger partial charge on any atom is -0.376 e. The van der Waals surface area contributed by atoms with E-state index in [0.29, 0.717) is 19.8 Å². The van der Waals surface area contributed by atoms with Crippen LogP contribution in [0.25, 0.3) is 0 Å². The van der Waals surface area contributed by atoms with Crippen molar-refractivity contribution in [3.8, 4) is 11.8 Å². The molecule has 1 aromatic carbocycles. The average Bonchev–Trinajstić information content (AvgIpc) is 2.52. The van der Waals surface area contributed by atoms with Crippen LogP contribution in [-0.2, 0) is 19.5 Å². The fourth-order valence-electron chi connectivity index (χ4n) is 1.81. The summed E-state index contributed by atoms with van der Waals surface area (Å²) in [5.74, 6) is 5.55. The lowest BCUT2D eigenvalue weighted by atomic mass is 10.2. The van der Waals surface area contributed by atoms with Crippen LogP contribution in [0.1, 0.15) is 5.56 Å². The van der Waals surface area contributed by atoms with Gasteiger partial charge in [-0.15, -0.1) is 0 Å². The number of sulfonamides is 1. The maximum Gasteiger partial charge on any atom is 0.240 e. The van der Waals surface area contributed by atoms with E-state index in [9.17, 15) is 8.42 Å². The van der Waals surface area contributed by atoms with Gasteiger partial charge in [-0.1, -0.05) is 11.8 Å². The van der Waals surface area contributed by atoms with Crippen molar-refractivity contribution in [2.45, 2.75) is 11.0 Å². The Bertz CT molecular complexity index is 611. The molecule has 0 bridgehead atoms. The summed E-state index contributed by atoms with van der Waals surface area (Å²) < 4.78 is 37.4. The Morgan fingerprint density at radius 3 is 2.67 bits per heavy atom. The third kappa shape index (κ3) is 4.81. The highest BCUT2D eigenvalue weighted by molar-refractivity contribution is 7.89. The summed E-state index contributed by atoms with van der Waals surface area (Å²) in [6.07, 6.45) is -0.247. The SMILES string of the molecule is NCC#Cc1ccc(S(=O)(=O)NCC2COCCO2)cc1. The number of hydrogen-bond donors (Lipinski definition) is 2. The molecule has 0 aromatic heterocycles. The van der Waals surface area contributed by atoms with Gasteiger partial charge in [0.1, 0.15) is 0 Å². The second-order valence-electron chi connectivity index (χ2n) is 4.45. The van der Waals surface area contributed by atoms with Gasteiger partial charge in [0.05, 0.1) is 37.4 Å². The number of nitrogens with one attached hydrogen (secondary N) is 1. The molecule has 1 saturated heterocycles. The largest absolute Gasteiger partial charge is 0.376 e. The molecule has 1 fully saturated rings. The summed E-state index contributed by atoms with van der Waals surface area (Å²) in [5, 5.41) is 0. The second kappa shape index (κ2) is 7.54. The summed E-state index contributed by atoms with van der Waals surface area (Å²) in [6.45, 7) is 1.90. The van der Waals surface area contributed by atoms with Crippen LogP contribution in [0, 0.1) is 11.8 Å². The van der Waals surface area contributed by atoms with E-state index in [1.807, 2.05) is 0 Å². The smallest absolute Gasteiger partial charge is 0.240 e. The Labute approximate surface area is 124 Å². The molecule has 6 nitrogen and oxygen atoms in total. The van der Waals surface area contributed by atoms with Gasteiger partial charge in [0.15, 0.2) is 0 Å². The first kappa shape index (κ1) is 15.9. The first-order chi connectivity index (χ1) is 10.1. The van der Waals surface area contributed by atoms with Gasteiger partial charge in [-0.05, 0) is 24.3 Å². The van der Waals surface area contributed by atoms with Crippen LogP contribution < -0.4 is 10.5 Å². The first-order valence-electron chi connectivity index (χ1n) is 6.60. The molecule has 1 aromatic rings. The molecular formula is C14H18N2O4S. The van der Waals surface area contributed by atoms with Gasteiger partial charge >= 0.3 is 0 Å². The molecule has 0 amide bonds. The Morgan fingerprint density at radius 2 is 2.05 bits per heavy atom. The van der Waals surface area contributed by atoms with Crippen LogP contribution in [0.2, 0.25) is 0 Å². The van der Waals surface area contributed by atoms with Crippen molar-refractivity contribution in [3.05, 3.63) is 29.8 Å². The van der Waals surface area contributed by atoms with Crippen LogP contribution in [0.5, 0.6) is 0 Å². The van der Waals surface area contributed by atoms with Crippen LogP contribution in [0.3, 0.4) is 0 Å². The summed E-state index contributed by atoms with van der Waals surface area (Å²) in [6, 6.07) is 6.33. The van der Waals surface area contributed by atoms with Crippen molar-refractivity contribution in [2.24, 2.45) is 5.73 Å². The fraction of sp³-hybridized carbons (Fsp3) is 0.429. The van der Waals surface area contributed by atoms with Crippen LogP contribution in [0.4, 0.5) is 0 Å². The van der Waals surface area contributed by atoms with E-state index in [1.54, 1.807) is 12.1 Å². The van der Waals surface area contributed by atoms with E-state index in [2.05, 4.69) is 16.6 Å². The van der Waals surface area contributed by atoms with Crippen molar-refractivity contribution in [1.82, 2.24) is 4.72 Å². The Balaban J connectivity index is 1.98. The average molecular weight is 310 g/mol. The van der Waals surface area contributed by atoms with Crippen molar-refractivity contribution >= 4 is 10.0 Å². The quantitative estimate of drug-likeness (QED) is 0.745. The van der Waals surface area contributed by atoms with Gasteiger partial charge in [-0.3, -0.25) is 0 Å². The van der Waals surface area contributed by atoms with Crippen LogP contribution in [-0.4, -0.2) is 47.4 Å². The molecule has 1 aliphatic heterocycles. The zero-order chi connectivity index (χ0) is 15.1. The van der Waals surface area contributed by atoms with Gasteiger partial charge in [0.25, 0.3) is 0 Å². The third-order valence-electron chi connectivity index (χ3n) is 2.89. The molecule has 1 aliphatic rings. The molecule has 1 atom stereocenters. The molecule has 1 unspecified atom stereocenters. The third-order valence-corrected chi connectivity index (χ3v) is 4.32. The highest BCUT2D eigenvalue weighted by atomic mass is 32.2. The van der Waals surface area contributed by atoms with E-state index in [1.165, 1.54) is 12.1 Å². The molecule has 0 aliphatic carbocycles. The molecule has 1 heterocycles. The van der Waals surface area contributed by atoms with Crippen molar-refractivity contribution < 1.29 is 17.9 Å². The molecule has 114 valence electrons. The Hall–Kier alpha value is -1.43. The maximum absolute atomic E-state index is 12.1. The lowest BCUT2D eigenvalue weighted by molar-refractivity contribution is -0.0846. The molecule has 2 rings (SSSR count). The lowest BCUT2D eigenvalue weighted by Crippen LogP contribution is -2.39. The molecule has 0 saturated carbocycles. The van der Waals surface area contributed by atoms with Crippen LogP contribution in [0.15, 0.2) is 29.2 Å². The molecular weight excluding hydrogens is 292 g/mol. The minimum atomic E-state index is -3.56. The van der Waals surface area contributed by atoms with E-state index in [-0.39, 0.29) is 24.1 Å². The number of rotatable bonds is 4. The minimum absolute atomic E-state index is 0.192. The van der Waals surface area contributed by atoms with Gasteiger partial charge < -0.3 is 15.2 Å². The van der Waals surface area contributed by atoms with Gasteiger partial charge in [-0.2, -0.15) is 0 Å². The highest BCUT2D eigenvalue weighted by Gasteiger charge is 2.19. The monoisotopic (exact) mass is 310 g/mol. The van der Waals surface area contributed by atoms with Crippen LogP contribution >= 0.6 is 0 Å². The predicted octanol–water partition coefficient (Wildman–Crippen LogP) is -0.309. The summed E-state index contributed by atoms with van der Waals surface area (Å²) >= 11 is 0. The van der Waals surface area contributed by atoms with Gasteiger partial charge in [0.2, 0.25) is 10.0 Å². The highest BCUT2D eigenvalue weighted by Crippen LogP contribution is 2.10. The van der Waals surface area contributed by atoms with E-state index < -0.39 is 10.0 Å². The zero-order valence-corrected chi connectivity index (χ0v) is 12.4. The molecule has 3 N–H and O–H groups in total. The van der Waals surface area contributed by atoms with Crippen molar-refractivity contribution in [2.75, 3.05) is 32.9 Å². The van der Waals surface area contributed by atoms with Gasteiger partial charge in [0, 0.05) is 12.1 Å². The predicted molar refractivity (Wildman–Crippen MR) is 78.1 cm³/mol. The normalized spacial score (nSPS) is 18.8. The summed E-state index contributed by atoms with van der Waals surface area (Å²) in [5.41, 5.74) is 6.01. The number of hydrogen-bond acceptors (Lipinski definition) is 5. The van der Waals surface area contributed by atoms with E-state index in [0.717, 1.165) is 5.56 Å². The van der Waals surface area contributed by atoms with Crippen molar-refractivity contribution in [1.29, 1.82) is 0 Å².